The van der Waals surface area contributed by atoms with Crippen LogP contribution in [0.3, 0.4) is 0 Å². The van der Waals surface area contributed by atoms with Crippen LogP contribution in [0.2, 0.25) is 0 Å². The van der Waals surface area contributed by atoms with E-state index in [0.29, 0.717) is 18.5 Å². The normalized spacial score (nSPS) is 15.5. The highest BCUT2D eigenvalue weighted by Crippen LogP contribution is 2.18. The van der Waals surface area contributed by atoms with E-state index in [1.54, 1.807) is 6.33 Å². The molecule has 6 nitrogen and oxygen atoms in total. The Bertz CT molecular complexity index is 570. The van der Waals surface area contributed by atoms with Gasteiger partial charge >= 0.3 is 0 Å². The summed E-state index contributed by atoms with van der Waals surface area (Å²) in [6.07, 6.45) is 4.04. The lowest BCUT2D eigenvalue weighted by atomic mass is 10.3. The number of guanidine groups is 1. The van der Waals surface area contributed by atoms with Gasteiger partial charge in [0.15, 0.2) is 11.8 Å². The van der Waals surface area contributed by atoms with Gasteiger partial charge < -0.3 is 11.1 Å². The second kappa shape index (κ2) is 5.09. The van der Waals surface area contributed by atoms with Gasteiger partial charge in [-0.05, 0) is 25.0 Å². The molecule has 19 heavy (non-hydrogen) atoms. The molecule has 1 saturated carbocycles. The number of aromatic nitrogens is 3. The van der Waals surface area contributed by atoms with Gasteiger partial charge in [-0.1, -0.05) is 18.2 Å². The Morgan fingerprint density at radius 1 is 1.37 bits per heavy atom. The minimum absolute atomic E-state index is 0.417. The molecule has 3 rings (SSSR count). The van der Waals surface area contributed by atoms with Gasteiger partial charge in [0.2, 0.25) is 0 Å². The van der Waals surface area contributed by atoms with E-state index < -0.39 is 0 Å². The van der Waals surface area contributed by atoms with E-state index in [9.17, 15) is 0 Å². The van der Waals surface area contributed by atoms with Crippen molar-refractivity contribution < 1.29 is 0 Å². The van der Waals surface area contributed by atoms with Crippen molar-refractivity contribution in [2.24, 2.45) is 10.7 Å². The predicted molar refractivity (Wildman–Crippen MR) is 72.8 cm³/mol. The highest BCUT2D eigenvalue weighted by molar-refractivity contribution is 5.78. The zero-order valence-corrected chi connectivity index (χ0v) is 10.5. The molecule has 0 radical (unpaired) electrons. The number of para-hydroxylation sites is 1. The van der Waals surface area contributed by atoms with Crippen LogP contribution in [0.4, 0.5) is 0 Å². The first-order chi connectivity index (χ1) is 9.33. The van der Waals surface area contributed by atoms with Crippen LogP contribution in [0.1, 0.15) is 18.7 Å². The molecule has 0 aliphatic heterocycles. The topological polar surface area (TPSA) is 81.1 Å². The SMILES string of the molecule is NC(=NCc1nncn1-c1ccccc1)NC1CC1. The van der Waals surface area contributed by atoms with Crippen molar-refractivity contribution in [3.05, 3.63) is 42.5 Å². The van der Waals surface area contributed by atoms with Crippen molar-refractivity contribution in [3.8, 4) is 5.69 Å². The molecule has 2 aromatic rings. The van der Waals surface area contributed by atoms with Crippen LogP contribution in [0.25, 0.3) is 5.69 Å². The fourth-order valence-corrected chi connectivity index (χ4v) is 1.81. The van der Waals surface area contributed by atoms with Gasteiger partial charge in [-0.3, -0.25) is 4.57 Å². The standard InChI is InChI=1S/C13H16N6/c14-13(17-10-6-7-10)15-8-12-18-16-9-19(12)11-4-2-1-3-5-11/h1-5,9-10H,6-8H2,(H3,14,15,17). The summed E-state index contributed by atoms with van der Waals surface area (Å²) in [6.45, 7) is 0.417. The molecule has 0 saturated heterocycles. The molecule has 0 bridgehead atoms. The summed E-state index contributed by atoms with van der Waals surface area (Å²) >= 11 is 0. The van der Waals surface area contributed by atoms with E-state index >= 15 is 0 Å². The Morgan fingerprint density at radius 2 is 2.16 bits per heavy atom. The molecule has 1 heterocycles. The summed E-state index contributed by atoms with van der Waals surface area (Å²) in [4.78, 5) is 4.29. The number of nitrogens with two attached hydrogens (primary N) is 1. The van der Waals surface area contributed by atoms with Gasteiger partial charge in [0, 0.05) is 11.7 Å². The fraction of sp³-hybridized carbons (Fsp3) is 0.308. The van der Waals surface area contributed by atoms with Crippen LogP contribution in [-0.2, 0) is 6.54 Å². The van der Waals surface area contributed by atoms with E-state index in [0.717, 1.165) is 11.5 Å². The quantitative estimate of drug-likeness (QED) is 0.627. The van der Waals surface area contributed by atoms with E-state index in [4.69, 9.17) is 5.73 Å². The molecule has 6 heteroatoms. The number of nitrogens with one attached hydrogen (secondary N) is 1. The second-order valence-corrected chi connectivity index (χ2v) is 4.57. The van der Waals surface area contributed by atoms with Crippen LogP contribution >= 0.6 is 0 Å². The maximum absolute atomic E-state index is 5.80. The van der Waals surface area contributed by atoms with Crippen molar-refractivity contribution in [2.45, 2.75) is 25.4 Å². The lowest BCUT2D eigenvalue weighted by Gasteiger charge is -2.05. The largest absolute Gasteiger partial charge is 0.370 e. The van der Waals surface area contributed by atoms with Crippen molar-refractivity contribution in [3.63, 3.8) is 0 Å². The van der Waals surface area contributed by atoms with Crippen LogP contribution in [0, 0.1) is 0 Å². The summed E-state index contributed by atoms with van der Waals surface area (Å²) in [5.74, 6) is 1.25. The van der Waals surface area contributed by atoms with E-state index in [-0.39, 0.29) is 0 Å². The minimum Gasteiger partial charge on any atom is -0.370 e. The molecular formula is C13H16N6. The van der Waals surface area contributed by atoms with Crippen molar-refractivity contribution in [1.82, 2.24) is 20.1 Å². The molecule has 3 N–H and O–H groups in total. The highest BCUT2D eigenvalue weighted by Gasteiger charge is 2.21. The third-order valence-electron chi connectivity index (χ3n) is 2.97. The van der Waals surface area contributed by atoms with Crippen molar-refractivity contribution in [2.75, 3.05) is 0 Å². The Balaban J connectivity index is 1.73. The number of nitrogens with zero attached hydrogens (tertiary/aromatic N) is 4. The van der Waals surface area contributed by atoms with Crippen LogP contribution in [-0.4, -0.2) is 26.8 Å². The van der Waals surface area contributed by atoms with Gasteiger partial charge in [-0.15, -0.1) is 10.2 Å². The van der Waals surface area contributed by atoms with Gasteiger partial charge in [-0.2, -0.15) is 0 Å². The molecule has 98 valence electrons. The second-order valence-electron chi connectivity index (χ2n) is 4.57. The first kappa shape index (κ1) is 11.7. The zero-order valence-electron chi connectivity index (χ0n) is 10.5. The number of benzene rings is 1. The number of aliphatic imine (C=N–C) groups is 1. The third kappa shape index (κ3) is 2.90. The van der Waals surface area contributed by atoms with E-state index in [1.807, 2.05) is 34.9 Å². The molecular weight excluding hydrogens is 240 g/mol. The smallest absolute Gasteiger partial charge is 0.189 e. The molecule has 1 aliphatic rings. The van der Waals surface area contributed by atoms with Gasteiger partial charge in [0.05, 0.1) is 0 Å². The van der Waals surface area contributed by atoms with Crippen molar-refractivity contribution >= 4 is 5.96 Å². The minimum atomic E-state index is 0.417. The third-order valence-corrected chi connectivity index (χ3v) is 2.97. The molecule has 0 spiro atoms. The summed E-state index contributed by atoms with van der Waals surface area (Å²) in [5, 5.41) is 11.2. The average molecular weight is 256 g/mol. The summed E-state index contributed by atoms with van der Waals surface area (Å²) in [7, 11) is 0. The molecule has 1 aliphatic carbocycles. The molecule has 0 atom stereocenters. The monoisotopic (exact) mass is 256 g/mol. The Morgan fingerprint density at radius 3 is 2.89 bits per heavy atom. The first-order valence-corrected chi connectivity index (χ1v) is 6.34. The fourth-order valence-electron chi connectivity index (χ4n) is 1.81. The molecule has 1 fully saturated rings. The summed E-state index contributed by atoms with van der Waals surface area (Å²) < 4.78 is 1.91. The average Bonchev–Trinajstić information content (AvgIpc) is 3.12. The maximum atomic E-state index is 5.80. The van der Waals surface area contributed by atoms with Gasteiger partial charge in [0.1, 0.15) is 12.9 Å². The Kier molecular flexibility index (Phi) is 3.14. The number of hydrogen-bond acceptors (Lipinski definition) is 3. The maximum Gasteiger partial charge on any atom is 0.189 e. The van der Waals surface area contributed by atoms with E-state index in [1.165, 1.54) is 12.8 Å². The predicted octanol–water partition coefficient (Wildman–Crippen LogP) is 0.834. The lowest BCUT2D eigenvalue weighted by Crippen LogP contribution is -2.33. The Labute approximate surface area is 111 Å². The highest BCUT2D eigenvalue weighted by atomic mass is 15.3. The first-order valence-electron chi connectivity index (χ1n) is 6.34. The van der Waals surface area contributed by atoms with Crippen LogP contribution in [0.5, 0.6) is 0 Å². The molecule has 0 amide bonds. The summed E-state index contributed by atoms with van der Waals surface area (Å²) in [5.41, 5.74) is 6.82. The Hall–Kier alpha value is -2.37. The molecule has 0 unspecified atom stereocenters. The summed E-state index contributed by atoms with van der Waals surface area (Å²) in [6, 6.07) is 10.4. The van der Waals surface area contributed by atoms with Crippen molar-refractivity contribution in [1.29, 1.82) is 0 Å². The van der Waals surface area contributed by atoms with Gasteiger partial charge in [-0.25, -0.2) is 4.99 Å². The van der Waals surface area contributed by atoms with Crippen LogP contribution < -0.4 is 11.1 Å². The van der Waals surface area contributed by atoms with E-state index in [2.05, 4.69) is 20.5 Å². The molecule has 1 aromatic heterocycles. The van der Waals surface area contributed by atoms with Gasteiger partial charge in [0.25, 0.3) is 0 Å². The van der Waals surface area contributed by atoms with Crippen LogP contribution in [0.15, 0.2) is 41.7 Å². The zero-order chi connectivity index (χ0) is 13.1. The number of hydrogen-bond donors (Lipinski definition) is 2. The molecule has 1 aromatic carbocycles. The lowest BCUT2D eigenvalue weighted by molar-refractivity contribution is 0.831. The number of rotatable bonds is 4.